The van der Waals surface area contributed by atoms with Gasteiger partial charge in [0.15, 0.2) is 0 Å². The Labute approximate surface area is 174 Å². The Morgan fingerprint density at radius 1 is 0.793 bits per heavy atom. The standard InChI is InChI=1S/C20H16Cl2F2N2O3/c21-14-5-1-12(2-6-14)16(23)10-25-18(27)9-19(28)26(20(25)29)11-17(24)13-3-7-15(22)8-4-13/h1-9,16-17,27H,10-11H2. The number of hydrogen-bond acceptors (Lipinski definition) is 3. The average molecular weight is 441 g/mol. The van der Waals surface area contributed by atoms with E-state index < -0.39 is 42.6 Å². The molecule has 0 aliphatic heterocycles. The minimum atomic E-state index is -1.67. The van der Waals surface area contributed by atoms with Crippen molar-refractivity contribution in [3.05, 3.63) is 96.6 Å². The van der Waals surface area contributed by atoms with Crippen LogP contribution in [0.2, 0.25) is 10.0 Å². The van der Waals surface area contributed by atoms with E-state index in [4.69, 9.17) is 23.2 Å². The summed E-state index contributed by atoms with van der Waals surface area (Å²) in [6, 6.07) is 12.5. The second-order valence-electron chi connectivity index (χ2n) is 6.38. The van der Waals surface area contributed by atoms with Crippen molar-refractivity contribution >= 4 is 23.2 Å². The number of benzene rings is 2. The van der Waals surface area contributed by atoms with Crippen LogP contribution in [0.3, 0.4) is 0 Å². The first-order chi connectivity index (χ1) is 13.8. The summed E-state index contributed by atoms with van der Waals surface area (Å²) in [7, 11) is 0. The van der Waals surface area contributed by atoms with Crippen molar-refractivity contribution in [1.82, 2.24) is 9.13 Å². The first kappa shape index (κ1) is 21.1. The maximum Gasteiger partial charge on any atom is 0.333 e. The lowest BCUT2D eigenvalue weighted by atomic mass is 10.1. The maximum atomic E-state index is 14.6. The second-order valence-corrected chi connectivity index (χ2v) is 7.26. The van der Waals surface area contributed by atoms with Gasteiger partial charge in [-0.05, 0) is 35.4 Å². The monoisotopic (exact) mass is 440 g/mol. The molecular weight excluding hydrogens is 425 g/mol. The number of rotatable bonds is 6. The van der Waals surface area contributed by atoms with Crippen molar-refractivity contribution < 1.29 is 13.9 Å². The Balaban J connectivity index is 1.89. The third-order valence-corrected chi connectivity index (χ3v) is 4.91. The van der Waals surface area contributed by atoms with Crippen molar-refractivity contribution in [2.75, 3.05) is 0 Å². The lowest BCUT2D eigenvalue weighted by Crippen LogP contribution is -2.40. The molecule has 0 fully saturated rings. The molecule has 0 amide bonds. The normalized spacial score (nSPS) is 13.2. The van der Waals surface area contributed by atoms with Gasteiger partial charge < -0.3 is 5.11 Å². The summed E-state index contributed by atoms with van der Waals surface area (Å²) in [6.45, 7) is -1.14. The van der Waals surface area contributed by atoms with Gasteiger partial charge in [-0.25, -0.2) is 13.6 Å². The highest BCUT2D eigenvalue weighted by atomic mass is 35.5. The van der Waals surface area contributed by atoms with Gasteiger partial charge in [0.05, 0.1) is 19.2 Å². The SMILES string of the molecule is O=c1cc(O)n(CC(F)c2ccc(Cl)cc2)c(=O)n1CC(F)c1ccc(Cl)cc1. The topological polar surface area (TPSA) is 64.2 Å². The summed E-state index contributed by atoms with van der Waals surface area (Å²) in [5.41, 5.74) is -1.43. The van der Waals surface area contributed by atoms with Crippen molar-refractivity contribution in [3.8, 4) is 5.88 Å². The molecule has 1 heterocycles. The van der Waals surface area contributed by atoms with Gasteiger partial charge in [0.25, 0.3) is 5.56 Å². The predicted octanol–water partition coefficient (Wildman–Crippen LogP) is 4.44. The number of aromatic hydroxyl groups is 1. The van der Waals surface area contributed by atoms with E-state index in [1.54, 1.807) is 0 Å². The molecule has 0 aliphatic rings. The van der Waals surface area contributed by atoms with E-state index in [-0.39, 0.29) is 11.1 Å². The molecule has 0 saturated carbocycles. The van der Waals surface area contributed by atoms with Crippen molar-refractivity contribution in [2.45, 2.75) is 25.4 Å². The molecule has 29 heavy (non-hydrogen) atoms. The van der Waals surface area contributed by atoms with Crippen molar-refractivity contribution in [2.24, 2.45) is 0 Å². The van der Waals surface area contributed by atoms with Crippen LogP contribution < -0.4 is 11.2 Å². The highest BCUT2D eigenvalue weighted by molar-refractivity contribution is 6.30. The van der Waals surface area contributed by atoms with Gasteiger partial charge in [-0.2, -0.15) is 0 Å². The summed E-state index contributed by atoms with van der Waals surface area (Å²) in [4.78, 5) is 24.8. The molecule has 2 atom stereocenters. The fourth-order valence-electron chi connectivity index (χ4n) is 2.82. The Morgan fingerprint density at radius 3 is 1.66 bits per heavy atom. The van der Waals surface area contributed by atoms with Crippen molar-refractivity contribution in [1.29, 1.82) is 0 Å². The van der Waals surface area contributed by atoms with Crippen LogP contribution in [0.4, 0.5) is 8.78 Å². The maximum absolute atomic E-state index is 14.6. The molecule has 9 heteroatoms. The molecule has 5 nitrogen and oxygen atoms in total. The molecule has 1 aromatic heterocycles. The van der Waals surface area contributed by atoms with Crippen LogP contribution in [0, 0.1) is 0 Å². The third-order valence-electron chi connectivity index (χ3n) is 4.41. The second kappa shape index (κ2) is 8.80. The molecule has 0 saturated heterocycles. The fraction of sp³-hybridized carbons (Fsp3) is 0.200. The van der Waals surface area contributed by atoms with Crippen LogP contribution >= 0.6 is 23.2 Å². The minimum absolute atomic E-state index is 0.227. The quantitative estimate of drug-likeness (QED) is 0.615. The van der Waals surface area contributed by atoms with Crippen LogP contribution in [-0.4, -0.2) is 14.2 Å². The Kier molecular flexibility index (Phi) is 6.39. The highest BCUT2D eigenvalue weighted by Crippen LogP contribution is 2.23. The van der Waals surface area contributed by atoms with Crippen LogP contribution in [-0.2, 0) is 13.1 Å². The summed E-state index contributed by atoms with van der Waals surface area (Å²) in [5, 5.41) is 10.8. The van der Waals surface area contributed by atoms with Gasteiger partial charge in [0.1, 0.15) is 12.3 Å². The van der Waals surface area contributed by atoms with E-state index in [2.05, 4.69) is 0 Å². The molecule has 3 rings (SSSR count). The Hall–Kier alpha value is -2.64. The van der Waals surface area contributed by atoms with E-state index in [0.29, 0.717) is 19.2 Å². The Bertz CT molecular complexity index is 1110. The van der Waals surface area contributed by atoms with Gasteiger partial charge in [-0.15, -0.1) is 0 Å². The summed E-state index contributed by atoms with van der Waals surface area (Å²) >= 11 is 11.5. The molecular formula is C20H16Cl2F2N2O3. The summed E-state index contributed by atoms with van der Waals surface area (Å²) in [5.74, 6) is -0.699. The van der Waals surface area contributed by atoms with E-state index >= 15 is 0 Å². The lowest BCUT2D eigenvalue weighted by molar-refractivity contribution is 0.261. The number of nitrogens with zero attached hydrogens (tertiary/aromatic N) is 2. The molecule has 2 aromatic carbocycles. The number of halogens is 4. The van der Waals surface area contributed by atoms with Crippen LogP contribution in [0.15, 0.2) is 64.2 Å². The predicted molar refractivity (Wildman–Crippen MR) is 107 cm³/mol. The summed E-state index contributed by atoms with van der Waals surface area (Å²) in [6.07, 6.45) is -3.33. The van der Waals surface area contributed by atoms with Gasteiger partial charge in [-0.1, -0.05) is 47.5 Å². The van der Waals surface area contributed by atoms with Gasteiger partial charge in [0, 0.05) is 10.0 Å². The van der Waals surface area contributed by atoms with E-state index in [1.165, 1.54) is 48.5 Å². The van der Waals surface area contributed by atoms with Crippen LogP contribution in [0.1, 0.15) is 23.5 Å². The molecule has 0 radical (unpaired) electrons. The highest BCUT2D eigenvalue weighted by Gasteiger charge is 2.19. The molecule has 1 N–H and O–H groups in total. The number of aromatic nitrogens is 2. The zero-order valence-corrected chi connectivity index (χ0v) is 16.4. The number of alkyl halides is 2. The van der Waals surface area contributed by atoms with E-state index in [0.717, 1.165) is 6.07 Å². The van der Waals surface area contributed by atoms with Gasteiger partial charge >= 0.3 is 5.69 Å². The minimum Gasteiger partial charge on any atom is -0.494 e. The molecule has 2 unspecified atom stereocenters. The first-order valence-corrected chi connectivity index (χ1v) is 9.34. The molecule has 0 bridgehead atoms. The van der Waals surface area contributed by atoms with Gasteiger partial charge in [-0.3, -0.25) is 13.9 Å². The molecule has 0 aliphatic carbocycles. The van der Waals surface area contributed by atoms with Crippen molar-refractivity contribution in [3.63, 3.8) is 0 Å². The molecule has 3 aromatic rings. The molecule has 0 spiro atoms. The first-order valence-electron chi connectivity index (χ1n) is 8.59. The zero-order chi connectivity index (χ0) is 21.1. The van der Waals surface area contributed by atoms with Crippen LogP contribution in [0.25, 0.3) is 0 Å². The largest absolute Gasteiger partial charge is 0.494 e. The van der Waals surface area contributed by atoms with Crippen LogP contribution in [0.5, 0.6) is 5.88 Å². The lowest BCUT2D eigenvalue weighted by Gasteiger charge is -2.16. The zero-order valence-electron chi connectivity index (χ0n) is 14.9. The van der Waals surface area contributed by atoms with E-state index in [1.807, 2.05) is 0 Å². The number of hydrogen-bond donors (Lipinski definition) is 1. The Morgan fingerprint density at radius 2 is 1.21 bits per heavy atom. The third kappa shape index (κ3) is 4.86. The van der Waals surface area contributed by atoms with Gasteiger partial charge in [0.2, 0.25) is 5.88 Å². The molecule has 152 valence electrons. The summed E-state index contributed by atoms with van der Waals surface area (Å²) < 4.78 is 30.5. The van der Waals surface area contributed by atoms with E-state index in [9.17, 15) is 23.5 Å². The average Bonchev–Trinajstić information content (AvgIpc) is 2.69. The smallest absolute Gasteiger partial charge is 0.333 e. The fourth-order valence-corrected chi connectivity index (χ4v) is 3.07.